The highest BCUT2D eigenvalue weighted by atomic mass is 28.4. The predicted octanol–water partition coefficient (Wildman–Crippen LogP) is 15.0. The van der Waals surface area contributed by atoms with E-state index < -0.39 is 16.1 Å². The van der Waals surface area contributed by atoms with Crippen molar-refractivity contribution in [1.82, 2.24) is 0 Å². The summed E-state index contributed by atoms with van der Waals surface area (Å²) in [5, 5.41) is 2.70. The van der Waals surface area contributed by atoms with Crippen LogP contribution in [-0.4, -0.2) is 16.1 Å². The number of para-hydroxylation sites is 2. The van der Waals surface area contributed by atoms with Crippen molar-refractivity contribution < 1.29 is 0 Å². The van der Waals surface area contributed by atoms with Crippen LogP contribution >= 0.6 is 0 Å². The minimum atomic E-state index is -1.98. The molecule has 7 aromatic rings. The largest absolute Gasteiger partial charge is 0.310 e. The van der Waals surface area contributed by atoms with Gasteiger partial charge in [-0.25, -0.2) is 0 Å². The molecular weight excluding hydrogens is 697 g/mol. The zero-order chi connectivity index (χ0) is 38.9. The topological polar surface area (TPSA) is 6.48 Å². The average Bonchev–Trinajstić information content (AvgIpc) is 3.44. The Morgan fingerprint density at radius 3 is 1.29 bits per heavy atom. The Morgan fingerprint density at radius 1 is 0.382 bits per heavy atom. The van der Waals surface area contributed by atoms with Crippen LogP contribution in [0.1, 0.15) is 33.4 Å². The Labute approximate surface area is 331 Å². The van der Waals surface area contributed by atoms with Crippen LogP contribution in [0.15, 0.2) is 146 Å². The smallest absolute Gasteiger partial charge is 0.0579 e. The van der Waals surface area contributed by atoms with E-state index in [1.54, 1.807) is 5.56 Å². The second-order valence-corrected chi connectivity index (χ2v) is 28.9. The average molecular weight is 751 g/mol. The highest BCUT2D eigenvalue weighted by Gasteiger charge is 2.59. The van der Waals surface area contributed by atoms with Gasteiger partial charge in [-0.1, -0.05) is 112 Å². The molecule has 55 heavy (non-hydrogen) atoms. The SMILES string of the molecule is Cc1cc(C)cc(N(c2ccccc2)c2ccc3c(c2)C([Si](C)(C)C)([Si](C)(C)C)c2c-3ccc3cc(N(c4ccccc4)c4cc(C)cc(C)c4)ccc23)c1. The maximum Gasteiger partial charge on any atom is 0.0579 e. The molecule has 276 valence electrons. The van der Waals surface area contributed by atoms with E-state index in [-0.39, 0.29) is 4.66 Å². The number of fused-ring (bicyclic) bond motifs is 5. The van der Waals surface area contributed by atoms with Crippen LogP contribution in [0.5, 0.6) is 0 Å². The molecule has 0 N–H and O–H groups in total. The Kier molecular flexibility index (Phi) is 9.06. The van der Waals surface area contributed by atoms with E-state index >= 15 is 0 Å². The first-order chi connectivity index (χ1) is 26.2. The van der Waals surface area contributed by atoms with Gasteiger partial charge in [0.2, 0.25) is 0 Å². The maximum absolute atomic E-state index is 2.63. The molecule has 0 aromatic heterocycles. The van der Waals surface area contributed by atoms with Gasteiger partial charge in [-0.15, -0.1) is 0 Å². The van der Waals surface area contributed by atoms with Gasteiger partial charge in [-0.05, 0) is 156 Å². The molecule has 0 saturated carbocycles. The molecule has 7 aromatic carbocycles. The third-order valence-corrected chi connectivity index (χ3v) is 21.8. The van der Waals surface area contributed by atoms with Gasteiger partial charge in [0.15, 0.2) is 0 Å². The molecule has 0 unspecified atom stereocenters. The number of rotatable bonds is 8. The summed E-state index contributed by atoms with van der Waals surface area (Å²) in [4.78, 5) is 4.89. The zero-order valence-electron chi connectivity index (χ0n) is 34.3. The molecule has 1 aliphatic rings. The lowest BCUT2D eigenvalue weighted by molar-refractivity contribution is 0.961. The molecule has 4 heteroatoms. The lowest BCUT2D eigenvalue weighted by atomic mass is 9.97. The fourth-order valence-corrected chi connectivity index (χ4v) is 23.4. The molecule has 0 radical (unpaired) electrons. The summed E-state index contributed by atoms with van der Waals surface area (Å²) in [7, 11) is -3.97. The van der Waals surface area contributed by atoms with Crippen LogP contribution in [0.4, 0.5) is 34.1 Å². The monoisotopic (exact) mass is 750 g/mol. The van der Waals surface area contributed by atoms with Crippen LogP contribution in [0.25, 0.3) is 21.9 Å². The fourth-order valence-electron chi connectivity index (χ4n) is 10.3. The molecule has 1 aliphatic carbocycles. The summed E-state index contributed by atoms with van der Waals surface area (Å²) >= 11 is 0. The normalized spacial score (nSPS) is 13.4. The summed E-state index contributed by atoms with van der Waals surface area (Å²) in [6.45, 7) is 24.6. The molecule has 0 amide bonds. The number of hydrogen-bond donors (Lipinski definition) is 0. The zero-order valence-corrected chi connectivity index (χ0v) is 36.3. The van der Waals surface area contributed by atoms with Crippen molar-refractivity contribution in [3.63, 3.8) is 0 Å². The van der Waals surface area contributed by atoms with E-state index in [0.717, 1.165) is 0 Å². The molecule has 0 heterocycles. The molecule has 0 saturated heterocycles. The summed E-state index contributed by atoms with van der Waals surface area (Å²) in [6, 6.07) is 55.0. The van der Waals surface area contributed by atoms with Gasteiger partial charge < -0.3 is 9.80 Å². The minimum Gasteiger partial charge on any atom is -0.310 e. The predicted molar refractivity (Wildman–Crippen MR) is 245 cm³/mol. The van der Waals surface area contributed by atoms with Crippen molar-refractivity contribution >= 4 is 61.0 Å². The fraction of sp³-hybridized carbons (Fsp3) is 0.216. The molecule has 8 rings (SSSR count). The van der Waals surface area contributed by atoms with E-state index in [2.05, 4.69) is 222 Å². The van der Waals surface area contributed by atoms with Crippen molar-refractivity contribution in [3.05, 3.63) is 179 Å². The molecule has 0 aliphatic heterocycles. The van der Waals surface area contributed by atoms with E-state index in [4.69, 9.17) is 0 Å². The van der Waals surface area contributed by atoms with E-state index in [1.165, 1.54) is 83.8 Å². The Bertz CT molecular complexity index is 2510. The van der Waals surface area contributed by atoms with E-state index in [1.807, 2.05) is 0 Å². The molecule has 0 bridgehead atoms. The van der Waals surface area contributed by atoms with Crippen LogP contribution in [-0.2, 0) is 4.66 Å². The van der Waals surface area contributed by atoms with Crippen LogP contribution in [0.2, 0.25) is 39.3 Å². The van der Waals surface area contributed by atoms with Gasteiger partial charge in [0.05, 0.1) is 16.1 Å². The third kappa shape index (κ3) is 6.16. The number of nitrogens with zero attached hydrogens (tertiary/aromatic N) is 2. The van der Waals surface area contributed by atoms with Crippen molar-refractivity contribution in [2.75, 3.05) is 9.80 Å². The number of hydrogen-bond acceptors (Lipinski definition) is 2. The van der Waals surface area contributed by atoms with Gasteiger partial charge in [-0.2, -0.15) is 0 Å². The summed E-state index contributed by atoms with van der Waals surface area (Å²) < 4.78 is -0.0284. The summed E-state index contributed by atoms with van der Waals surface area (Å²) in [5.41, 5.74) is 18.1. The van der Waals surface area contributed by atoms with Gasteiger partial charge in [-0.3, -0.25) is 0 Å². The van der Waals surface area contributed by atoms with Gasteiger partial charge in [0.25, 0.3) is 0 Å². The van der Waals surface area contributed by atoms with Gasteiger partial charge >= 0.3 is 0 Å². The summed E-state index contributed by atoms with van der Waals surface area (Å²) in [5.74, 6) is 0. The first-order valence-electron chi connectivity index (χ1n) is 19.8. The maximum atomic E-state index is 2.63. The third-order valence-electron chi connectivity index (χ3n) is 11.8. The molecule has 0 spiro atoms. The second kappa shape index (κ2) is 13.5. The quantitative estimate of drug-likeness (QED) is 0.143. The molecule has 0 atom stereocenters. The van der Waals surface area contributed by atoms with Gasteiger partial charge in [0, 0.05) is 38.8 Å². The summed E-state index contributed by atoms with van der Waals surface area (Å²) in [6.07, 6.45) is 0. The molecule has 2 nitrogen and oxygen atoms in total. The van der Waals surface area contributed by atoms with E-state index in [9.17, 15) is 0 Å². The van der Waals surface area contributed by atoms with E-state index in [0.29, 0.717) is 0 Å². The highest BCUT2D eigenvalue weighted by Crippen LogP contribution is 2.60. The van der Waals surface area contributed by atoms with Crippen LogP contribution in [0.3, 0.4) is 0 Å². The van der Waals surface area contributed by atoms with Gasteiger partial charge in [0.1, 0.15) is 0 Å². The Morgan fingerprint density at radius 2 is 0.818 bits per heavy atom. The lowest BCUT2D eigenvalue weighted by Gasteiger charge is -2.51. The minimum absolute atomic E-state index is 0.0284. The second-order valence-electron chi connectivity index (χ2n) is 17.9. The van der Waals surface area contributed by atoms with Crippen LogP contribution in [0, 0.1) is 27.7 Å². The first kappa shape index (κ1) is 36.8. The van der Waals surface area contributed by atoms with Crippen molar-refractivity contribution in [2.24, 2.45) is 0 Å². The van der Waals surface area contributed by atoms with Crippen molar-refractivity contribution in [3.8, 4) is 11.1 Å². The lowest BCUT2D eigenvalue weighted by Crippen LogP contribution is -2.63. The highest BCUT2D eigenvalue weighted by molar-refractivity contribution is 7.00. The number of benzene rings is 7. The van der Waals surface area contributed by atoms with Crippen molar-refractivity contribution in [2.45, 2.75) is 71.6 Å². The molecular formula is C51H54N2Si2. The van der Waals surface area contributed by atoms with Crippen molar-refractivity contribution in [1.29, 1.82) is 0 Å². The standard InChI is InChI=1S/C51H54N2Si2/c1-35-27-36(2)30-44(29-35)52(40-17-13-11-14-18-40)42-22-25-46-39(33-42)21-24-48-47-26-23-43(34-49(47)51(50(46)48,54(5,6)7)55(8,9)10)53(41-19-15-12-16-20-41)45-31-37(3)28-38(4)32-45/h11-34H,1-10H3. The number of aryl methyl sites for hydroxylation is 4. The number of anilines is 6. The Hall–Kier alpha value is -5.17. The first-order valence-corrected chi connectivity index (χ1v) is 26.8. The molecule has 0 fully saturated rings. The Balaban J connectivity index is 1.37. The van der Waals surface area contributed by atoms with Crippen LogP contribution < -0.4 is 9.80 Å².